The number of hydrogen-bond acceptors (Lipinski definition) is 9. The van der Waals surface area contributed by atoms with Crippen LogP contribution in [0.25, 0.3) is 0 Å². The molecule has 0 aliphatic carbocycles. The number of H-pyrrole nitrogens is 1. The molecule has 2 N–H and O–H groups in total. The molecule has 0 bridgehead atoms. The molecule has 0 radical (unpaired) electrons. The van der Waals surface area contributed by atoms with Crippen molar-refractivity contribution in [2.24, 2.45) is 0 Å². The summed E-state index contributed by atoms with van der Waals surface area (Å²) in [6.07, 6.45) is -2.49. The van der Waals surface area contributed by atoms with Crippen molar-refractivity contribution in [3.05, 3.63) is 32.9 Å². The molecular weight excluding hydrogens is 371 g/mol. The van der Waals surface area contributed by atoms with Crippen molar-refractivity contribution < 1.29 is 38.0 Å². The van der Waals surface area contributed by atoms with Gasteiger partial charge in [-0.05, 0) is 0 Å². The van der Waals surface area contributed by atoms with Crippen LogP contribution in [0.15, 0.2) is 15.8 Å². The number of aromatic nitrogens is 2. The van der Waals surface area contributed by atoms with Gasteiger partial charge in [-0.25, -0.2) is 9.59 Å². The molecule has 150 valence electrons. The van der Waals surface area contributed by atoms with Crippen LogP contribution in [0.5, 0.6) is 0 Å². The van der Waals surface area contributed by atoms with Gasteiger partial charge in [0.05, 0.1) is 6.20 Å². The highest BCUT2D eigenvalue weighted by Crippen LogP contribution is 2.37. The molecule has 1 aromatic rings. The molecule has 2 heterocycles. The molecule has 1 saturated heterocycles. The normalized spacial score (nSPS) is 24.7. The Hall–Kier alpha value is -2.41. The third-order valence-electron chi connectivity index (χ3n) is 3.99. The van der Waals surface area contributed by atoms with E-state index in [-0.39, 0.29) is 6.61 Å². The van der Waals surface area contributed by atoms with Crippen LogP contribution in [-0.2, 0) is 28.5 Å². The van der Waals surface area contributed by atoms with Crippen molar-refractivity contribution in [3.8, 4) is 0 Å². The van der Waals surface area contributed by atoms with Crippen LogP contribution >= 0.6 is 0 Å². The highest BCUT2D eigenvalue weighted by atomic mass is 19.1. The molecule has 3 atom stereocenters. The highest BCUT2D eigenvalue weighted by Gasteiger charge is 2.53. The molecule has 0 saturated carbocycles. The van der Waals surface area contributed by atoms with E-state index in [0.717, 1.165) is 0 Å². The summed E-state index contributed by atoms with van der Waals surface area (Å²) >= 11 is 0. The van der Waals surface area contributed by atoms with E-state index in [4.69, 9.17) is 14.2 Å². The van der Waals surface area contributed by atoms with Gasteiger partial charge in [0.25, 0.3) is 5.56 Å². The number of rotatable bonds is 8. The highest BCUT2D eigenvalue weighted by molar-refractivity contribution is 5.89. The van der Waals surface area contributed by atoms with Crippen LogP contribution in [-0.4, -0.2) is 72.2 Å². The lowest BCUT2D eigenvalue weighted by molar-refractivity contribution is -0.164. The van der Waals surface area contributed by atoms with E-state index in [1.54, 1.807) is 4.98 Å². The third-order valence-corrected chi connectivity index (χ3v) is 3.99. The second kappa shape index (κ2) is 8.52. The molecule has 11 nitrogen and oxygen atoms in total. The fraction of sp³-hybridized carbons (Fsp3) is 0.600. The summed E-state index contributed by atoms with van der Waals surface area (Å²) in [5, 5.41) is 10.8. The predicted molar refractivity (Wildman–Crippen MR) is 84.5 cm³/mol. The van der Waals surface area contributed by atoms with Crippen molar-refractivity contribution >= 4 is 11.8 Å². The van der Waals surface area contributed by atoms with Crippen LogP contribution in [0.1, 0.15) is 12.6 Å². The average Bonchev–Trinajstić information content (AvgIpc) is 2.94. The third kappa shape index (κ3) is 4.47. The van der Waals surface area contributed by atoms with Gasteiger partial charge >= 0.3 is 11.7 Å². The number of halogens is 1. The van der Waals surface area contributed by atoms with Crippen LogP contribution in [0, 0.1) is 5.82 Å². The maximum atomic E-state index is 13.5. The lowest BCUT2D eigenvalue weighted by atomic mass is 9.90. The number of aliphatic hydroxyl groups is 1. The number of aromatic amines is 1. The van der Waals surface area contributed by atoms with Gasteiger partial charge in [-0.3, -0.25) is 19.1 Å². The molecule has 0 unspecified atom stereocenters. The topological polar surface area (TPSA) is 146 Å². The summed E-state index contributed by atoms with van der Waals surface area (Å²) in [6, 6.07) is 0. The second-order valence-corrected chi connectivity index (χ2v) is 5.82. The number of methoxy groups -OCH3 is 2. The first-order chi connectivity index (χ1) is 12.7. The van der Waals surface area contributed by atoms with Gasteiger partial charge in [-0.2, -0.15) is 4.39 Å². The van der Waals surface area contributed by atoms with Crippen molar-refractivity contribution in [2.75, 3.05) is 34.0 Å². The van der Waals surface area contributed by atoms with Gasteiger partial charge in [0, 0.05) is 20.6 Å². The largest absolute Gasteiger partial charge is 0.461 e. The molecule has 27 heavy (non-hydrogen) atoms. The van der Waals surface area contributed by atoms with E-state index < -0.39 is 66.4 Å². The Kier molecular flexibility index (Phi) is 6.59. The lowest BCUT2D eigenvalue weighted by Crippen LogP contribution is -2.50. The first kappa shape index (κ1) is 20.9. The Balaban J connectivity index is 2.30. The maximum absolute atomic E-state index is 13.5. The average molecular weight is 390 g/mol. The lowest BCUT2D eigenvalue weighted by Gasteiger charge is -2.25. The summed E-state index contributed by atoms with van der Waals surface area (Å²) in [7, 11) is 2.52. The molecular formula is C15H19FN2O9. The Morgan fingerprint density at radius 1 is 1.37 bits per heavy atom. The standard InChI is InChI=1S/C15H19FN2O9/c1-24-5-9(19)15(23)3-11(18-4-8(16)13(21)17-14(18)22)27-10(15)6-26-12(20)7-25-2/h4,10-11,23H,3,5-7H2,1-2H3,(H,17,21,22)/t10-,11-,15-/m1/s1. The molecule has 12 heteroatoms. The van der Waals surface area contributed by atoms with Gasteiger partial charge in [-0.15, -0.1) is 0 Å². The van der Waals surface area contributed by atoms with Gasteiger partial charge < -0.3 is 24.1 Å². The second-order valence-electron chi connectivity index (χ2n) is 5.82. The minimum atomic E-state index is -2.17. The SMILES string of the molecule is COCC(=O)OC[C@H]1O[C@@H](n2cc(F)c(=O)[nH]c2=O)C[C@@]1(O)C(=O)COC. The minimum Gasteiger partial charge on any atom is -0.461 e. The summed E-state index contributed by atoms with van der Waals surface area (Å²) in [6.45, 7) is -1.35. The van der Waals surface area contributed by atoms with Crippen LogP contribution < -0.4 is 11.2 Å². The Bertz CT molecular complexity index is 820. The fourth-order valence-electron chi connectivity index (χ4n) is 2.64. The van der Waals surface area contributed by atoms with E-state index in [2.05, 4.69) is 4.74 Å². The number of nitrogens with one attached hydrogen (secondary N) is 1. The van der Waals surface area contributed by atoms with Gasteiger partial charge in [0.1, 0.15) is 32.2 Å². The van der Waals surface area contributed by atoms with E-state index in [9.17, 15) is 28.7 Å². The summed E-state index contributed by atoms with van der Waals surface area (Å²) < 4.78 is 33.9. The van der Waals surface area contributed by atoms with E-state index >= 15 is 0 Å². The maximum Gasteiger partial charge on any atom is 0.332 e. The number of ketones is 1. The van der Waals surface area contributed by atoms with Crippen molar-refractivity contribution in [2.45, 2.75) is 24.4 Å². The van der Waals surface area contributed by atoms with Crippen molar-refractivity contribution in [1.82, 2.24) is 9.55 Å². The molecule has 2 rings (SSSR count). The van der Waals surface area contributed by atoms with E-state index in [1.165, 1.54) is 14.2 Å². The zero-order valence-electron chi connectivity index (χ0n) is 14.6. The van der Waals surface area contributed by atoms with Crippen LogP contribution in [0.2, 0.25) is 0 Å². The zero-order chi connectivity index (χ0) is 20.2. The van der Waals surface area contributed by atoms with Crippen molar-refractivity contribution in [3.63, 3.8) is 0 Å². The number of nitrogens with zero attached hydrogens (tertiary/aromatic N) is 1. The first-order valence-corrected chi connectivity index (χ1v) is 7.78. The monoisotopic (exact) mass is 390 g/mol. The quantitative estimate of drug-likeness (QED) is 0.486. The molecule has 1 aliphatic heterocycles. The number of carbonyl (C=O) groups excluding carboxylic acids is 2. The molecule has 1 fully saturated rings. The smallest absolute Gasteiger partial charge is 0.332 e. The fourth-order valence-corrected chi connectivity index (χ4v) is 2.64. The van der Waals surface area contributed by atoms with Gasteiger partial charge in [0.2, 0.25) is 5.82 Å². The Labute approximate surface area is 151 Å². The first-order valence-electron chi connectivity index (χ1n) is 7.78. The Morgan fingerprint density at radius 2 is 2.04 bits per heavy atom. The molecule has 0 spiro atoms. The van der Waals surface area contributed by atoms with Gasteiger partial charge in [-0.1, -0.05) is 0 Å². The summed E-state index contributed by atoms with van der Waals surface area (Å²) in [4.78, 5) is 48.6. The number of carbonyl (C=O) groups is 2. The number of Topliss-reactive ketones (excluding diaryl/α,β-unsaturated/α-hetero) is 1. The van der Waals surface area contributed by atoms with E-state index in [0.29, 0.717) is 10.8 Å². The summed E-state index contributed by atoms with van der Waals surface area (Å²) in [5.41, 5.74) is -4.38. The molecule has 0 amide bonds. The van der Waals surface area contributed by atoms with Crippen molar-refractivity contribution in [1.29, 1.82) is 0 Å². The Morgan fingerprint density at radius 3 is 2.67 bits per heavy atom. The number of ether oxygens (including phenoxy) is 4. The zero-order valence-corrected chi connectivity index (χ0v) is 14.6. The number of esters is 1. The predicted octanol–water partition coefficient (Wildman–Crippen LogP) is -1.90. The molecule has 1 aliphatic rings. The summed E-state index contributed by atoms with van der Waals surface area (Å²) in [5.74, 6) is -2.79. The van der Waals surface area contributed by atoms with Crippen LogP contribution in [0.3, 0.4) is 0 Å². The van der Waals surface area contributed by atoms with Crippen LogP contribution in [0.4, 0.5) is 4.39 Å². The molecule has 1 aromatic heterocycles. The number of hydrogen-bond donors (Lipinski definition) is 2. The molecule has 0 aromatic carbocycles. The van der Waals surface area contributed by atoms with E-state index in [1.807, 2.05) is 0 Å². The minimum absolute atomic E-state index is 0.356. The van der Waals surface area contributed by atoms with Gasteiger partial charge in [0.15, 0.2) is 11.4 Å².